The summed E-state index contributed by atoms with van der Waals surface area (Å²) in [5, 5.41) is 3.23. The first-order chi connectivity index (χ1) is 11.0. The van der Waals surface area contributed by atoms with Crippen molar-refractivity contribution < 1.29 is 9.53 Å². The molecular weight excluding hydrogens is 290 g/mol. The van der Waals surface area contributed by atoms with Gasteiger partial charge in [0.2, 0.25) is 5.60 Å². The Morgan fingerprint density at radius 2 is 2.13 bits per heavy atom. The highest BCUT2D eigenvalue weighted by molar-refractivity contribution is 5.88. The smallest absolute Gasteiger partial charge is 0.284 e. The van der Waals surface area contributed by atoms with E-state index in [2.05, 4.69) is 28.9 Å². The predicted molar refractivity (Wildman–Crippen MR) is 85.7 cm³/mol. The molecule has 3 aliphatic rings. The third-order valence-corrected chi connectivity index (χ3v) is 5.37. The molecule has 120 valence electrons. The fraction of sp³-hybridized carbons (Fsp3) is 0.556. The van der Waals surface area contributed by atoms with Crippen molar-refractivity contribution in [3.05, 3.63) is 41.2 Å². The lowest BCUT2D eigenvalue weighted by molar-refractivity contribution is -0.136. The standard InChI is InChI=1S/C18H21N3O2/c1-12(2)21-11-18(10-15(21)19-3)16(22)20-17(8-9-17)13-6-4-5-7-14(13)23-18/h4-7,12,15H,8-11H2,1-2H3,(H,20,22)/t15-,18+/m0/s1. The fourth-order valence-corrected chi connectivity index (χ4v) is 3.89. The van der Waals surface area contributed by atoms with Crippen LogP contribution >= 0.6 is 0 Å². The second-order valence-corrected chi connectivity index (χ2v) is 7.21. The Morgan fingerprint density at radius 1 is 1.39 bits per heavy atom. The minimum absolute atomic E-state index is 0.0667. The Bertz CT molecular complexity index is 704. The highest BCUT2D eigenvalue weighted by Crippen LogP contribution is 2.52. The quantitative estimate of drug-likeness (QED) is 0.809. The Labute approximate surface area is 136 Å². The van der Waals surface area contributed by atoms with Gasteiger partial charge in [0.05, 0.1) is 18.5 Å². The highest BCUT2D eigenvalue weighted by Gasteiger charge is 2.60. The summed E-state index contributed by atoms with van der Waals surface area (Å²) in [6.07, 6.45) is 2.02. The number of ether oxygens (including phenoxy) is 1. The average Bonchev–Trinajstić information content (AvgIpc) is 3.21. The number of likely N-dealkylation sites (tertiary alicyclic amines) is 1. The lowest BCUT2D eigenvalue weighted by atomic mass is 10.0. The normalized spacial score (nSPS) is 31.4. The number of nitrogens with one attached hydrogen (secondary N) is 1. The van der Waals surface area contributed by atoms with Gasteiger partial charge in [0.1, 0.15) is 5.75 Å². The molecule has 0 unspecified atom stereocenters. The molecule has 1 aromatic carbocycles. The Morgan fingerprint density at radius 3 is 2.74 bits per heavy atom. The lowest BCUT2D eigenvalue weighted by Gasteiger charge is -2.27. The van der Waals surface area contributed by atoms with Crippen molar-refractivity contribution in [1.29, 1.82) is 0 Å². The monoisotopic (exact) mass is 311 g/mol. The first-order valence-corrected chi connectivity index (χ1v) is 8.23. The van der Waals surface area contributed by atoms with Gasteiger partial charge in [0.15, 0.2) is 0 Å². The van der Waals surface area contributed by atoms with Gasteiger partial charge in [0, 0.05) is 11.6 Å². The molecule has 0 aromatic heterocycles. The molecule has 1 aromatic rings. The number of para-hydroxylation sites is 1. The summed E-state index contributed by atoms with van der Waals surface area (Å²) in [5.74, 6) is 0.723. The number of rotatable bonds is 1. The zero-order chi connectivity index (χ0) is 16.2. The second-order valence-electron chi connectivity index (χ2n) is 7.21. The molecule has 2 heterocycles. The largest absolute Gasteiger partial charge is 0.475 e. The number of hydrogen-bond acceptors (Lipinski definition) is 3. The van der Waals surface area contributed by atoms with Crippen molar-refractivity contribution in [3.63, 3.8) is 0 Å². The van der Waals surface area contributed by atoms with Gasteiger partial charge in [0.25, 0.3) is 12.1 Å². The maximum atomic E-state index is 13.0. The Kier molecular flexibility index (Phi) is 2.98. The SMILES string of the molecule is [C-]#[N+][C@@H]1C[C@]2(CN1C(C)C)Oc1ccccc1C1(CC1)NC2=O. The number of benzene rings is 1. The van der Waals surface area contributed by atoms with Crippen LogP contribution in [-0.2, 0) is 10.3 Å². The molecule has 5 heteroatoms. The van der Waals surface area contributed by atoms with E-state index in [1.165, 1.54) is 0 Å². The molecule has 2 atom stereocenters. The summed E-state index contributed by atoms with van der Waals surface area (Å²) in [5.41, 5.74) is -0.134. The molecule has 0 bridgehead atoms. The van der Waals surface area contributed by atoms with Gasteiger partial charge in [-0.3, -0.25) is 9.64 Å². The molecule has 23 heavy (non-hydrogen) atoms. The fourth-order valence-electron chi connectivity index (χ4n) is 3.89. The van der Waals surface area contributed by atoms with Crippen LogP contribution in [0.2, 0.25) is 0 Å². The first-order valence-electron chi connectivity index (χ1n) is 8.23. The van der Waals surface area contributed by atoms with Gasteiger partial charge in [-0.05, 0) is 32.8 Å². The van der Waals surface area contributed by atoms with Gasteiger partial charge >= 0.3 is 0 Å². The van der Waals surface area contributed by atoms with E-state index in [1.807, 2.05) is 24.3 Å². The van der Waals surface area contributed by atoms with E-state index in [0.29, 0.717) is 13.0 Å². The van der Waals surface area contributed by atoms with Gasteiger partial charge in [-0.15, -0.1) is 0 Å². The van der Waals surface area contributed by atoms with Crippen LogP contribution in [0.3, 0.4) is 0 Å². The molecule has 1 aliphatic carbocycles. The Balaban J connectivity index is 1.76. The molecule has 1 saturated heterocycles. The van der Waals surface area contributed by atoms with Crippen LogP contribution in [0.15, 0.2) is 24.3 Å². The van der Waals surface area contributed by atoms with Crippen molar-refractivity contribution in [2.75, 3.05) is 6.54 Å². The van der Waals surface area contributed by atoms with Gasteiger partial charge in [-0.2, -0.15) is 0 Å². The minimum Gasteiger partial charge on any atom is -0.475 e. The summed E-state index contributed by atoms with van der Waals surface area (Å²) in [6.45, 7) is 12.1. The van der Waals surface area contributed by atoms with Gasteiger partial charge in [-0.1, -0.05) is 18.2 Å². The molecule has 1 amide bonds. The average molecular weight is 311 g/mol. The number of fused-ring (bicyclic) bond motifs is 2. The maximum Gasteiger partial charge on any atom is 0.284 e. The van der Waals surface area contributed by atoms with Crippen LogP contribution < -0.4 is 10.1 Å². The van der Waals surface area contributed by atoms with E-state index in [9.17, 15) is 4.79 Å². The van der Waals surface area contributed by atoms with Crippen molar-refractivity contribution in [2.24, 2.45) is 0 Å². The van der Waals surface area contributed by atoms with E-state index in [0.717, 1.165) is 24.2 Å². The minimum atomic E-state index is -0.957. The molecule has 1 saturated carbocycles. The van der Waals surface area contributed by atoms with Crippen LogP contribution in [0.25, 0.3) is 4.85 Å². The lowest BCUT2D eigenvalue weighted by Crippen LogP contribution is -2.53. The number of carbonyl (C=O) groups is 1. The number of nitrogens with zero attached hydrogens (tertiary/aromatic N) is 2. The zero-order valence-electron chi connectivity index (χ0n) is 13.5. The van der Waals surface area contributed by atoms with Crippen molar-refractivity contribution in [1.82, 2.24) is 10.2 Å². The highest BCUT2D eigenvalue weighted by atomic mass is 16.5. The molecular formula is C18H21N3O2. The summed E-state index contributed by atoms with van der Waals surface area (Å²) >= 11 is 0. The maximum absolute atomic E-state index is 13.0. The van der Waals surface area contributed by atoms with Crippen LogP contribution in [-0.4, -0.2) is 35.2 Å². The number of carbonyl (C=O) groups excluding carboxylic acids is 1. The van der Waals surface area contributed by atoms with E-state index >= 15 is 0 Å². The molecule has 2 spiro atoms. The topological polar surface area (TPSA) is 45.9 Å². The van der Waals surface area contributed by atoms with Crippen LogP contribution in [0.1, 0.15) is 38.7 Å². The summed E-state index contributed by atoms with van der Waals surface area (Å²) < 4.78 is 6.31. The zero-order valence-corrected chi connectivity index (χ0v) is 13.5. The van der Waals surface area contributed by atoms with Crippen molar-refractivity contribution in [2.45, 2.75) is 56.5 Å². The van der Waals surface area contributed by atoms with Crippen LogP contribution in [0.5, 0.6) is 5.75 Å². The van der Waals surface area contributed by atoms with Crippen molar-refractivity contribution >= 4 is 5.91 Å². The third kappa shape index (κ3) is 2.05. The summed E-state index contributed by atoms with van der Waals surface area (Å²) in [6, 6.07) is 8.13. The Hall–Kier alpha value is -2.06. The van der Waals surface area contributed by atoms with Crippen LogP contribution in [0.4, 0.5) is 0 Å². The summed E-state index contributed by atoms with van der Waals surface area (Å²) in [4.78, 5) is 18.8. The number of amides is 1. The molecule has 5 nitrogen and oxygen atoms in total. The summed E-state index contributed by atoms with van der Waals surface area (Å²) in [7, 11) is 0. The third-order valence-electron chi connectivity index (χ3n) is 5.37. The molecule has 1 N–H and O–H groups in total. The molecule has 0 radical (unpaired) electrons. The van der Waals surface area contributed by atoms with Crippen molar-refractivity contribution in [3.8, 4) is 5.75 Å². The van der Waals surface area contributed by atoms with E-state index < -0.39 is 5.60 Å². The predicted octanol–water partition coefficient (Wildman–Crippen LogP) is 2.28. The van der Waals surface area contributed by atoms with Crippen LogP contribution in [0, 0.1) is 6.57 Å². The molecule has 4 rings (SSSR count). The molecule has 2 aliphatic heterocycles. The van der Waals surface area contributed by atoms with Gasteiger partial charge < -0.3 is 10.1 Å². The first kappa shape index (κ1) is 14.5. The second kappa shape index (κ2) is 4.72. The van der Waals surface area contributed by atoms with Gasteiger partial charge in [-0.25, -0.2) is 11.5 Å². The van der Waals surface area contributed by atoms with E-state index in [1.54, 1.807) is 0 Å². The molecule has 2 fully saturated rings. The van der Waals surface area contributed by atoms with E-state index in [-0.39, 0.29) is 23.7 Å². The number of hydrogen-bond donors (Lipinski definition) is 1. The van der Waals surface area contributed by atoms with E-state index in [4.69, 9.17) is 11.3 Å².